The van der Waals surface area contributed by atoms with Gasteiger partial charge in [-0.25, -0.2) is 0 Å². The van der Waals surface area contributed by atoms with E-state index in [-0.39, 0.29) is 23.1 Å². The van der Waals surface area contributed by atoms with E-state index in [2.05, 4.69) is 17.9 Å². The second-order valence-electron chi connectivity index (χ2n) is 9.61. The second kappa shape index (κ2) is 11.0. The predicted octanol–water partition coefficient (Wildman–Crippen LogP) is 5.64. The number of benzene rings is 1. The molecule has 0 radical (unpaired) electrons. The van der Waals surface area contributed by atoms with Crippen LogP contribution in [-0.4, -0.2) is 32.8 Å². The second-order valence-corrected chi connectivity index (χ2v) is 11.3. The summed E-state index contributed by atoms with van der Waals surface area (Å²) in [5.74, 6) is 1.29. The van der Waals surface area contributed by atoms with Gasteiger partial charge in [0.1, 0.15) is 21.8 Å². The summed E-state index contributed by atoms with van der Waals surface area (Å²) >= 11 is 6.92. The number of amides is 1. The molecule has 0 aliphatic carbocycles. The lowest BCUT2D eigenvalue weighted by atomic mass is 9.97. The van der Waals surface area contributed by atoms with Gasteiger partial charge >= 0.3 is 0 Å². The first-order valence-corrected chi connectivity index (χ1v) is 13.7. The van der Waals surface area contributed by atoms with E-state index < -0.39 is 0 Å². The van der Waals surface area contributed by atoms with Crippen LogP contribution in [0.5, 0.6) is 0 Å². The van der Waals surface area contributed by atoms with Crippen molar-refractivity contribution >= 4 is 46.1 Å². The van der Waals surface area contributed by atoms with Crippen molar-refractivity contribution < 1.29 is 4.79 Å². The summed E-state index contributed by atoms with van der Waals surface area (Å²) in [6.07, 6.45) is 4.69. The number of carbonyl (C=O) groups is 1. The number of pyridine rings is 1. The molecule has 0 saturated carbocycles. The highest BCUT2D eigenvalue weighted by Crippen LogP contribution is 2.40. The number of thiocarbonyl (C=S) groups is 1. The van der Waals surface area contributed by atoms with Crippen LogP contribution in [-0.2, 0) is 11.3 Å². The molecule has 2 saturated heterocycles. The van der Waals surface area contributed by atoms with Gasteiger partial charge in [-0.1, -0.05) is 68.2 Å². The molecule has 1 amide bonds. The van der Waals surface area contributed by atoms with E-state index in [0.717, 1.165) is 49.3 Å². The molecule has 0 spiro atoms. The molecule has 4 rings (SSSR count). The third-order valence-corrected chi connectivity index (χ3v) is 8.48. The van der Waals surface area contributed by atoms with Crippen LogP contribution in [0.3, 0.4) is 0 Å². The molecular formula is C28H32N4O2S2. The van der Waals surface area contributed by atoms with Crippen molar-refractivity contribution in [3.63, 3.8) is 0 Å². The highest BCUT2D eigenvalue weighted by atomic mass is 32.2. The first kappa shape index (κ1) is 26.2. The summed E-state index contributed by atoms with van der Waals surface area (Å²) in [7, 11) is 0. The molecule has 2 aromatic rings. The number of hydrogen-bond donors (Lipinski definition) is 0. The monoisotopic (exact) mass is 520 g/mol. The Hall–Kier alpha value is -2.89. The summed E-state index contributed by atoms with van der Waals surface area (Å²) in [5.41, 5.74) is 2.27. The number of rotatable bonds is 6. The van der Waals surface area contributed by atoms with Gasteiger partial charge in [0.15, 0.2) is 0 Å². The van der Waals surface area contributed by atoms with Crippen LogP contribution in [0, 0.1) is 24.2 Å². The number of piperidine rings is 1. The fourth-order valence-electron chi connectivity index (χ4n) is 4.96. The largest absolute Gasteiger partial charge is 0.357 e. The van der Waals surface area contributed by atoms with Crippen LogP contribution >= 0.6 is 24.0 Å². The summed E-state index contributed by atoms with van der Waals surface area (Å²) in [4.78, 5) is 31.4. The molecule has 3 heterocycles. The summed E-state index contributed by atoms with van der Waals surface area (Å²) < 4.78 is 2.25. The van der Waals surface area contributed by atoms with Gasteiger partial charge in [0.25, 0.3) is 11.5 Å². The predicted molar refractivity (Wildman–Crippen MR) is 151 cm³/mol. The first-order valence-electron chi connectivity index (χ1n) is 12.5. The Balaban J connectivity index is 1.84. The van der Waals surface area contributed by atoms with Gasteiger partial charge in [0, 0.05) is 25.2 Å². The molecule has 1 aromatic carbocycles. The van der Waals surface area contributed by atoms with E-state index in [9.17, 15) is 14.9 Å². The van der Waals surface area contributed by atoms with Gasteiger partial charge in [0.05, 0.1) is 10.9 Å². The van der Waals surface area contributed by atoms with Crippen LogP contribution in [0.4, 0.5) is 5.82 Å². The molecule has 1 aromatic heterocycles. The molecule has 8 heteroatoms. The average Bonchev–Trinajstić information content (AvgIpc) is 3.15. The summed E-state index contributed by atoms with van der Waals surface area (Å²) in [6, 6.07) is 11.8. The van der Waals surface area contributed by atoms with Crippen LogP contribution in [0.2, 0.25) is 0 Å². The Kier molecular flexibility index (Phi) is 8.01. The summed E-state index contributed by atoms with van der Waals surface area (Å²) in [5, 5.41) is 9.85. The molecule has 2 aliphatic heterocycles. The molecule has 0 N–H and O–H groups in total. The van der Waals surface area contributed by atoms with Gasteiger partial charge < -0.3 is 4.90 Å². The first-order chi connectivity index (χ1) is 17.3. The minimum absolute atomic E-state index is 0.136. The number of nitriles is 1. The van der Waals surface area contributed by atoms with E-state index in [0.29, 0.717) is 27.3 Å². The minimum Gasteiger partial charge on any atom is -0.357 e. The Labute approximate surface area is 222 Å². The highest BCUT2D eigenvalue weighted by molar-refractivity contribution is 8.26. The van der Waals surface area contributed by atoms with E-state index in [1.54, 1.807) is 9.47 Å². The Morgan fingerprint density at radius 1 is 1.22 bits per heavy atom. The molecule has 0 bridgehead atoms. The maximum absolute atomic E-state index is 13.6. The van der Waals surface area contributed by atoms with Crippen molar-refractivity contribution in [2.45, 2.75) is 59.5 Å². The average molecular weight is 521 g/mol. The molecule has 2 fully saturated rings. The third kappa shape index (κ3) is 4.87. The zero-order valence-electron chi connectivity index (χ0n) is 21.3. The van der Waals surface area contributed by atoms with Crippen molar-refractivity contribution in [2.75, 3.05) is 18.0 Å². The number of carbonyl (C=O) groups excluding carboxylic acids is 1. The third-order valence-electron chi connectivity index (χ3n) is 7.15. The lowest BCUT2D eigenvalue weighted by molar-refractivity contribution is -0.123. The normalized spacial score (nSPS) is 18.7. The van der Waals surface area contributed by atoms with Crippen molar-refractivity contribution in [3.8, 4) is 6.07 Å². The van der Waals surface area contributed by atoms with Crippen LogP contribution in [0.15, 0.2) is 40.0 Å². The summed E-state index contributed by atoms with van der Waals surface area (Å²) in [6.45, 7) is 10.2. The van der Waals surface area contributed by atoms with Gasteiger partial charge in [-0.15, -0.1) is 0 Å². The number of thioether (sulfide) groups is 1. The van der Waals surface area contributed by atoms with Gasteiger partial charge in [-0.3, -0.25) is 19.1 Å². The van der Waals surface area contributed by atoms with Gasteiger partial charge in [-0.05, 0) is 56.2 Å². The Morgan fingerprint density at radius 2 is 1.89 bits per heavy atom. The molecule has 188 valence electrons. The van der Waals surface area contributed by atoms with Crippen molar-refractivity contribution in [1.82, 2.24) is 9.47 Å². The van der Waals surface area contributed by atoms with Crippen LogP contribution in [0.25, 0.3) is 6.08 Å². The fraction of sp³-hybridized carbons (Fsp3) is 0.429. The quantitative estimate of drug-likeness (QED) is 0.363. The van der Waals surface area contributed by atoms with Gasteiger partial charge in [0.2, 0.25) is 0 Å². The topological polar surface area (TPSA) is 69.3 Å². The fourth-order valence-corrected chi connectivity index (χ4v) is 6.36. The highest BCUT2D eigenvalue weighted by Gasteiger charge is 2.37. The Bertz CT molecular complexity index is 1300. The van der Waals surface area contributed by atoms with E-state index in [1.165, 1.54) is 11.8 Å². The SMILES string of the molecule is CCCn1c(N2CCC(C)CC2)c(/C=C2\SC(=S)N(C(C)c3ccccc3)C2=O)c(C)c(C#N)c1=O. The number of nitrogens with zero attached hydrogens (tertiary/aromatic N) is 4. The lowest BCUT2D eigenvalue weighted by Crippen LogP contribution is -2.39. The number of anilines is 1. The van der Waals surface area contributed by atoms with Crippen molar-refractivity contribution in [3.05, 3.63) is 67.8 Å². The number of hydrogen-bond acceptors (Lipinski definition) is 6. The van der Waals surface area contributed by atoms with Gasteiger partial charge in [-0.2, -0.15) is 5.26 Å². The van der Waals surface area contributed by atoms with Crippen LogP contribution < -0.4 is 10.5 Å². The molecule has 1 unspecified atom stereocenters. The lowest BCUT2D eigenvalue weighted by Gasteiger charge is -2.35. The maximum Gasteiger partial charge on any atom is 0.270 e. The smallest absolute Gasteiger partial charge is 0.270 e. The minimum atomic E-state index is -0.257. The Morgan fingerprint density at radius 3 is 2.50 bits per heavy atom. The molecule has 2 aliphatic rings. The van der Waals surface area contributed by atoms with E-state index >= 15 is 0 Å². The molecule has 6 nitrogen and oxygen atoms in total. The van der Waals surface area contributed by atoms with E-state index in [1.807, 2.05) is 57.2 Å². The maximum atomic E-state index is 13.6. The molecule has 1 atom stereocenters. The van der Waals surface area contributed by atoms with Crippen LogP contribution in [0.1, 0.15) is 68.3 Å². The van der Waals surface area contributed by atoms with E-state index in [4.69, 9.17) is 12.2 Å². The standard InChI is InChI=1S/C28H32N4O2S2/c1-5-13-31-25(30-14-11-18(2)12-15-30)22(19(3)23(17-29)26(31)33)16-24-27(34)32(28(35)36-24)20(4)21-9-7-6-8-10-21/h6-10,16,18,20H,5,11-15H2,1-4H3/b24-16-. The zero-order valence-corrected chi connectivity index (χ0v) is 22.9. The molecule has 36 heavy (non-hydrogen) atoms. The number of aromatic nitrogens is 1. The molecular weight excluding hydrogens is 488 g/mol. The zero-order chi connectivity index (χ0) is 26.0. The van der Waals surface area contributed by atoms with Crippen molar-refractivity contribution in [1.29, 1.82) is 5.26 Å². The van der Waals surface area contributed by atoms with Crippen molar-refractivity contribution in [2.24, 2.45) is 5.92 Å².